The minimum absolute atomic E-state index is 0.192. The van der Waals surface area contributed by atoms with Crippen LogP contribution in [0, 0.1) is 6.92 Å². The maximum Gasteiger partial charge on any atom is 0.278 e. The van der Waals surface area contributed by atoms with Crippen LogP contribution in [-0.4, -0.2) is 15.0 Å². The third-order valence-electron chi connectivity index (χ3n) is 5.15. The highest BCUT2D eigenvalue weighted by molar-refractivity contribution is 6.35. The van der Waals surface area contributed by atoms with Crippen molar-refractivity contribution in [2.75, 3.05) is 0 Å². The van der Waals surface area contributed by atoms with Crippen LogP contribution in [0.5, 0.6) is 0 Å². The average molecular weight is 321 g/mol. The summed E-state index contributed by atoms with van der Waals surface area (Å²) in [5.41, 5.74) is 4.41. The van der Waals surface area contributed by atoms with Crippen molar-refractivity contribution in [2.45, 2.75) is 6.92 Å². The van der Waals surface area contributed by atoms with Crippen molar-refractivity contribution >= 4 is 54.4 Å². The lowest BCUT2D eigenvalue weighted by Crippen LogP contribution is -1.97. The molecule has 0 N–H and O–H groups in total. The molecule has 0 aliphatic heterocycles. The number of hydrogen-bond donors (Lipinski definition) is 0. The highest BCUT2D eigenvalue weighted by atomic mass is 16.1. The lowest BCUT2D eigenvalue weighted by atomic mass is 10.0. The Labute approximate surface area is 141 Å². The van der Waals surface area contributed by atoms with Gasteiger partial charge in [0.15, 0.2) is 0 Å². The molecule has 4 nitrogen and oxygen atoms in total. The zero-order chi connectivity index (χ0) is 16.7. The number of para-hydroxylation sites is 2. The monoisotopic (exact) mass is 321 g/mol. The SMILES string of the molecule is Cc1cccc2c1nc1c3nc4ccccc4c3c3cnc(=O)c3c21. The summed E-state index contributed by atoms with van der Waals surface area (Å²) < 4.78 is 0. The van der Waals surface area contributed by atoms with Crippen molar-refractivity contribution in [3.05, 3.63) is 64.6 Å². The van der Waals surface area contributed by atoms with Crippen LogP contribution >= 0.6 is 0 Å². The fourth-order valence-electron chi connectivity index (χ4n) is 4.06. The molecule has 25 heavy (non-hydrogen) atoms. The van der Waals surface area contributed by atoms with E-state index >= 15 is 0 Å². The highest BCUT2D eigenvalue weighted by Crippen LogP contribution is 2.40. The molecule has 0 amide bonds. The predicted molar refractivity (Wildman–Crippen MR) is 101 cm³/mol. The highest BCUT2D eigenvalue weighted by Gasteiger charge is 2.21. The van der Waals surface area contributed by atoms with Gasteiger partial charge in [0.05, 0.1) is 27.5 Å². The quantitative estimate of drug-likeness (QED) is 0.421. The number of benzene rings is 3. The van der Waals surface area contributed by atoms with Gasteiger partial charge in [0.2, 0.25) is 0 Å². The maximum atomic E-state index is 12.6. The number of fused-ring (bicyclic) bond motifs is 10. The molecule has 0 unspecified atom stereocenters. The molecule has 0 fully saturated rings. The van der Waals surface area contributed by atoms with Crippen LogP contribution in [0.1, 0.15) is 5.56 Å². The first-order valence-electron chi connectivity index (χ1n) is 8.19. The summed E-state index contributed by atoms with van der Waals surface area (Å²) in [7, 11) is 0. The Morgan fingerprint density at radius 1 is 0.720 bits per heavy atom. The van der Waals surface area contributed by atoms with Crippen molar-refractivity contribution in [3.63, 3.8) is 0 Å². The first-order chi connectivity index (χ1) is 12.2. The molecule has 0 spiro atoms. The summed E-state index contributed by atoms with van der Waals surface area (Å²) in [4.78, 5) is 26.4. The molecule has 116 valence electrons. The average Bonchev–Trinajstić information content (AvgIpc) is 3.28. The Kier molecular flexibility index (Phi) is 2.16. The zero-order valence-electron chi connectivity index (χ0n) is 13.4. The van der Waals surface area contributed by atoms with E-state index in [9.17, 15) is 4.79 Å². The second kappa shape index (κ2) is 4.16. The third kappa shape index (κ3) is 1.43. The summed E-state index contributed by atoms with van der Waals surface area (Å²) in [6.45, 7) is 2.04. The largest absolute Gasteiger partial charge is 0.278 e. The molecule has 6 rings (SSSR count). The van der Waals surface area contributed by atoms with Gasteiger partial charge in [-0.25, -0.2) is 15.0 Å². The molecule has 0 saturated carbocycles. The van der Waals surface area contributed by atoms with E-state index in [-0.39, 0.29) is 5.56 Å². The van der Waals surface area contributed by atoms with Crippen molar-refractivity contribution in [2.24, 2.45) is 0 Å². The van der Waals surface area contributed by atoms with Gasteiger partial charge in [-0.15, -0.1) is 0 Å². The van der Waals surface area contributed by atoms with E-state index in [0.29, 0.717) is 5.39 Å². The van der Waals surface area contributed by atoms with Gasteiger partial charge in [-0.3, -0.25) is 4.79 Å². The van der Waals surface area contributed by atoms with Crippen LogP contribution < -0.4 is 5.56 Å². The van der Waals surface area contributed by atoms with E-state index < -0.39 is 0 Å². The zero-order valence-corrected chi connectivity index (χ0v) is 13.4. The van der Waals surface area contributed by atoms with Gasteiger partial charge in [0.25, 0.3) is 5.56 Å². The van der Waals surface area contributed by atoms with Gasteiger partial charge >= 0.3 is 0 Å². The van der Waals surface area contributed by atoms with Crippen LogP contribution in [0.2, 0.25) is 0 Å². The molecule has 3 aromatic heterocycles. The van der Waals surface area contributed by atoms with Crippen LogP contribution in [0.3, 0.4) is 0 Å². The van der Waals surface area contributed by atoms with Gasteiger partial charge in [-0.1, -0.05) is 36.4 Å². The summed E-state index contributed by atoms with van der Waals surface area (Å²) in [5, 5.41) is 5.44. The molecule has 0 radical (unpaired) electrons. The molecular formula is C21H11N3O. The van der Waals surface area contributed by atoms with E-state index in [4.69, 9.17) is 9.97 Å². The molecule has 0 aliphatic carbocycles. The van der Waals surface area contributed by atoms with Gasteiger partial charge in [0.1, 0.15) is 0 Å². The predicted octanol–water partition coefficient (Wildman–Crippen LogP) is 4.18. The van der Waals surface area contributed by atoms with E-state index in [2.05, 4.69) is 4.98 Å². The first kappa shape index (κ1) is 13.0. The van der Waals surface area contributed by atoms with E-state index in [1.54, 1.807) is 6.20 Å². The van der Waals surface area contributed by atoms with Gasteiger partial charge in [-0.05, 0) is 18.6 Å². The Morgan fingerprint density at radius 3 is 2.44 bits per heavy atom. The summed E-state index contributed by atoms with van der Waals surface area (Å²) in [6.07, 6.45) is 1.68. The summed E-state index contributed by atoms with van der Waals surface area (Å²) in [5.74, 6) is 0. The van der Waals surface area contributed by atoms with Crippen LogP contribution in [0.4, 0.5) is 0 Å². The fourth-order valence-corrected chi connectivity index (χ4v) is 4.06. The van der Waals surface area contributed by atoms with E-state index in [0.717, 1.165) is 54.6 Å². The molecule has 0 aliphatic rings. The molecular weight excluding hydrogens is 310 g/mol. The Bertz CT molecular complexity index is 1520. The lowest BCUT2D eigenvalue weighted by molar-refractivity contribution is 1.34. The van der Waals surface area contributed by atoms with Crippen molar-refractivity contribution in [3.8, 4) is 0 Å². The standard InChI is InChI=1S/C21H11N3O/c1-10-5-4-7-12-16-17-13(9-22-21(17)25)15-11-6-2-3-8-14(11)23-19(15)20(16)24-18(10)12/h2-9H,1H3. The fraction of sp³-hybridized carbons (Fsp3) is 0.0476. The lowest BCUT2D eigenvalue weighted by Gasteiger charge is -1.98. The summed E-state index contributed by atoms with van der Waals surface area (Å²) in [6, 6.07) is 14.1. The molecule has 0 saturated heterocycles. The van der Waals surface area contributed by atoms with Gasteiger partial charge < -0.3 is 0 Å². The Hall–Kier alpha value is -3.40. The Morgan fingerprint density at radius 2 is 1.52 bits per heavy atom. The van der Waals surface area contributed by atoms with Gasteiger partial charge in [-0.2, -0.15) is 0 Å². The topological polar surface area (TPSA) is 55.7 Å². The number of aryl methyl sites for hydroxylation is 1. The smallest absolute Gasteiger partial charge is 0.267 e. The van der Waals surface area contributed by atoms with Crippen LogP contribution in [0.15, 0.2) is 53.5 Å². The second-order valence-electron chi connectivity index (χ2n) is 6.51. The molecule has 4 heteroatoms. The minimum atomic E-state index is -0.192. The first-order valence-corrected chi connectivity index (χ1v) is 8.19. The number of rotatable bonds is 0. The summed E-state index contributed by atoms with van der Waals surface area (Å²) >= 11 is 0. The van der Waals surface area contributed by atoms with E-state index in [1.165, 1.54) is 0 Å². The number of hydrogen-bond acceptors (Lipinski definition) is 4. The maximum absolute atomic E-state index is 12.6. The van der Waals surface area contributed by atoms with E-state index in [1.807, 2.05) is 49.4 Å². The normalized spacial score (nSPS) is 12.4. The molecule has 6 aromatic rings. The minimum Gasteiger partial charge on any atom is -0.267 e. The molecule has 3 aromatic carbocycles. The molecule has 0 atom stereocenters. The van der Waals surface area contributed by atoms with Crippen LogP contribution in [-0.2, 0) is 0 Å². The Balaban J connectivity index is 2.09. The number of aromatic nitrogens is 3. The number of nitrogens with zero attached hydrogens (tertiary/aromatic N) is 3. The van der Waals surface area contributed by atoms with Crippen molar-refractivity contribution in [1.82, 2.24) is 15.0 Å². The van der Waals surface area contributed by atoms with Gasteiger partial charge in [0, 0.05) is 33.1 Å². The van der Waals surface area contributed by atoms with Crippen LogP contribution in [0.25, 0.3) is 54.4 Å². The van der Waals surface area contributed by atoms with Crippen molar-refractivity contribution in [1.29, 1.82) is 0 Å². The second-order valence-corrected chi connectivity index (χ2v) is 6.51. The van der Waals surface area contributed by atoms with Crippen molar-refractivity contribution < 1.29 is 0 Å². The molecule has 0 bridgehead atoms. The molecule has 3 heterocycles. The third-order valence-corrected chi connectivity index (χ3v) is 5.15.